The van der Waals surface area contributed by atoms with Crippen molar-refractivity contribution in [2.45, 2.75) is 39.7 Å². The van der Waals surface area contributed by atoms with Crippen molar-refractivity contribution >= 4 is 17.3 Å². The Labute approximate surface area is 171 Å². The molecule has 0 aliphatic carbocycles. The zero-order valence-electron chi connectivity index (χ0n) is 17.6. The van der Waals surface area contributed by atoms with E-state index in [9.17, 15) is 14.9 Å². The molecule has 0 aliphatic rings. The van der Waals surface area contributed by atoms with Crippen molar-refractivity contribution in [3.8, 4) is 5.75 Å². The Kier molecular flexibility index (Phi) is 7.73. The average Bonchev–Trinajstić information content (AvgIpc) is 2.68. The topological polar surface area (TPSA) is 93.5 Å². The first kappa shape index (κ1) is 22.4. The molecule has 2 aromatic carbocycles. The highest BCUT2D eigenvalue weighted by Gasteiger charge is 2.18. The Balaban J connectivity index is 2.05. The summed E-state index contributed by atoms with van der Waals surface area (Å²) in [5.74, 6) is 0.761. The number of anilines is 1. The average molecular weight is 399 g/mol. The van der Waals surface area contributed by atoms with Crippen LogP contribution in [0.1, 0.15) is 50.8 Å². The fourth-order valence-electron chi connectivity index (χ4n) is 3.12. The summed E-state index contributed by atoms with van der Waals surface area (Å²) < 4.78 is 5.16. The minimum absolute atomic E-state index is 0.0284. The van der Waals surface area contributed by atoms with Gasteiger partial charge in [-0.3, -0.25) is 14.9 Å². The molecule has 0 unspecified atom stereocenters. The predicted molar refractivity (Wildman–Crippen MR) is 114 cm³/mol. The van der Waals surface area contributed by atoms with Crippen LogP contribution >= 0.6 is 0 Å². The van der Waals surface area contributed by atoms with E-state index >= 15 is 0 Å². The molecule has 7 nitrogen and oxygen atoms in total. The number of hydrogen-bond acceptors (Lipinski definition) is 5. The van der Waals surface area contributed by atoms with Crippen LogP contribution in [-0.4, -0.2) is 24.5 Å². The molecule has 1 amide bonds. The van der Waals surface area contributed by atoms with Gasteiger partial charge in [0.15, 0.2) is 0 Å². The van der Waals surface area contributed by atoms with E-state index < -0.39 is 4.92 Å². The number of methoxy groups -OCH3 is 1. The quantitative estimate of drug-likeness (QED) is 0.473. The van der Waals surface area contributed by atoms with E-state index in [4.69, 9.17) is 4.74 Å². The molecule has 0 radical (unpaired) electrons. The number of nitrogens with one attached hydrogen (secondary N) is 2. The van der Waals surface area contributed by atoms with E-state index in [1.165, 1.54) is 30.9 Å². The Bertz CT molecular complexity index is 848. The van der Waals surface area contributed by atoms with Gasteiger partial charge in [0.1, 0.15) is 5.75 Å². The van der Waals surface area contributed by atoms with Crippen molar-refractivity contribution in [2.75, 3.05) is 19.0 Å². The van der Waals surface area contributed by atoms with Crippen LogP contribution in [0.15, 0.2) is 42.5 Å². The van der Waals surface area contributed by atoms with Crippen molar-refractivity contribution in [2.24, 2.45) is 5.92 Å². The molecule has 0 aromatic heterocycles. The number of nitro benzene ring substituents is 1. The largest absolute Gasteiger partial charge is 0.494 e. The number of carbonyl (C=O) groups is 1. The van der Waals surface area contributed by atoms with E-state index in [1.54, 1.807) is 0 Å². The highest BCUT2D eigenvalue weighted by atomic mass is 16.6. The number of rotatable bonds is 9. The molecule has 0 spiro atoms. The van der Waals surface area contributed by atoms with Crippen molar-refractivity contribution < 1.29 is 14.5 Å². The lowest BCUT2D eigenvalue weighted by molar-refractivity contribution is -0.384. The van der Waals surface area contributed by atoms with Gasteiger partial charge in [0.25, 0.3) is 5.69 Å². The summed E-state index contributed by atoms with van der Waals surface area (Å²) in [5, 5.41) is 16.9. The van der Waals surface area contributed by atoms with Gasteiger partial charge < -0.3 is 15.4 Å². The van der Waals surface area contributed by atoms with Crippen LogP contribution in [0.4, 0.5) is 11.4 Å². The molecule has 29 heavy (non-hydrogen) atoms. The van der Waals surface area contributed by atoms with Crippen LogP contribution in [0.3, 0.4) is 0 Å². The summed E-state index contributed by atoms with van der Waals surface area (Å²) in [6.07, 6.45) is 0. The van der Waals surface area contributed by atoms with Gasteiger partial charge in [-0.1, -0.05) is 52.0 Å². The number of nitro groups is 1. The molecule has 2 N–H and O–H groups in total. The Hall–Kier alpha value is -2.93. The fraction of sp³-hybridized carbons (Fsp3) is 0.409. The van der Waals surface area contributed by atoms with Gasteiger partial charge in [-0.2, -0.15) is 0 Å². The van der Waals surface area contributed by atoms with Gasteiger partial charge in [-0.05, 0) is 29.0 Å². The van der Waals surface area contributed by atoms with Crippen LogP contribution in [0, 0.1) is 16.0 Å². The molecule has 1 atom stereocenters. The second kappa shape index (κ2) is 10.0. The van der Waals surface area contributed by atoms with Crippen LogP contribution in [0.25, 0.3) is 0 Å². The van der Waals surface area contributed by atoms with Gasteiger partial charge in [0.05, 0.1) is 30.3 Å². The third-order valence-electron chi connectivity index (χ3n) is 4.78. The molecule has 2 rings (SSSR count). The van der Waals surface area contributed by atoms with E-state index in [0.29, 0.717) is 17.5 Å². The first-order chi connectivity index (χ1) is 13.7. The summed E-state index contributed by atoms with van der Waals surface area (Å²) in [7, 11) is 1.41. The monoisotopic (exact) mass is 399 g/mol. The van der Waals surface area contributed by atoms with Gasteiger partial charge in [-0.15, -0.1) is 0 Å². The Morgan fingerprint density at radius 2 is 1.69 bits per heavy atom. The first-order valence-corrected chi connectivity index (χ1v) is 9.68. The lowest BCUT2D eigenvalue weighted by atomic mass is 9.93. The zero-order chi connectivity index (χ0) is 21.6. The molecular weight excluding hydrogens is 370 g/mol. The van der Waals surface area contributed by atoms with Gasteiger partial charge in [-0.25, -0.2) is 0 Å². The summed E-state index contributed by atoms with van der Waals surface area (Å²) in [4.78, 5) is 22.8. The van der Waals surface area contributed by atoms with Crippen molar-refractivity contribution in [1.82, 2.24) is 5.32 Å². The normalized spacial score (nSPS) is 12.1. The second-order valence-corrected chi connectivity index (χ2v) is 7.61. The van der Waals surface area contributed by atoms with Crippen LogP contribution < -0.4 is 15.4 Å². The van der Waals surface area contributed by atoms with E-state index in [0.717, 1.165) is 5.56 Å². The first-order valence-electron chi connectivity index (χ1n) is 9.68. The lowest BCUT2D eigenvalue weighted by Crippen LogP contribution is -2.33. The molecule has 0 fully saturated rings. The van der Waals surface area contributed by atoms with Crippen molar-refractivity contribution in [1.29, 1.82) is 0 Å². The van der Waals surface area contributed by atoms with Crippen molar-refractivity contribution in [3.05, 3.63) is 63.7 Å². The molecule has 0 bridgehead atoms. The molecule has 0 aliphatic heterocycles. The molecule has 0 saturated heterocycles. The number of amides is 1. The summed E-state index contributed by atoms with van der Waals surface area (Å²) in [6.45, 7) is 8.62. The van der Waals surface area contributed by atoms with Gasteiger partial charge in [0.2, 0.25) is 5.91 Å². The third-order valence-corrected chi connectivity index (χ3v) is 4.78. The number of hydrogen-bond donors (Lipinski definition) is 2. The third kappa shape index (κ3) is 6.02. The van der Waals surface area contributed by atoms with Gasteiger partial charge >= 0.3 is 0 Å². The van der Waals surface area contributed by atoms with Crippen LogP contribution in [0.5, 0.6) is 5.75 Å². The zero-order valence-corrected chi connectivity index (χ0v) is 17.6. The number of ether oxygens (including phenoxy) is 1. The smallest absolute Gasteiger partial charge is 0.273 e. The second-order valence-electron chi connectivity index (χ2n) is 7.61. The standard InChI is InChI=1S/C22H29N3O4/c1-14(2)16-6-8-17(9-7-16)22(15(3)4)23-13-21(26)24-19-11-10-18(25(27)28)12-20(19)29-5/h6-12,14-15,22-23H,13H2,1-5H3,(H,24,26)/t22-/m1/s1. The maximum absolute atomic E-state index is 12.4. The summed E-state index contributed by atoms with van der Waals surface area (Å²) in [5.41, 5.74) is 2.71. The summed E-state index contributed by atoms with van der Waals surface area (Å²) >= 11 is 0. The fourth-order valence-corrected chi connectivity index (χ4v) is 3.12. The lowest BCUT2D eigenvalue weighted by Gasteiger charge is -2.23. The van der Waals surface area contributed by atoms with Gasteiger partial charge in [0, 0.05) is 12.1 Å². The maximum atomic E-state index is 12.4. The molecule has 0 saturated carbocycles. The highest BCUT2D eigenvalue weighted by molar-refractivity contribution is 5.94. The Morgan fingerprint density at radius 3 is 2.21 bits per heavy atom. The summed E-state index contributed by atoms with van der Waals surface area (Å²) in [6, 6.07) is 12.6. The van der Waals surface area contributed by atoms with Crippen LogP contribution in [-0.2, 0) is 4.79 Å². The minimum Gasteiger partial charge on any atom is -0.494 e. The number of carbonyl (C=O) groups excluding carboxylic acids is 1. The number of non-ortho nitro benzene ring substituents is 1. The maximum Gasteiger partial charge on any atom is 0.273 e. The van der Waals surface area contributed by atoms with E-state index in [-0.39, 0.29) is 29.9 Å². The van der Waals surface area contributed by atoms with Crippen LogP contribution in [0.2, 0.25) is 0 Å². The van der Waals surface area contributed by atoms with E-state index in [2.05, 4.69) is 62.6 Å². The van der Waals surface area contributed by atoms with Crippen molar-refractivity contribution in [3.63, 3.8) is 0 Å². The SMILES string of the molecule is COc1cc([N+](=O)[O-])ccc1NC(=O)CN[C@@H](c1ccc(C(C)C)cc1)C(C)C. The van der Waals surface area contributed by atoms with E-state index in [1.807, 2.05) is 0 Å². The molecule has 7 heteroatoms. The number of benzene rings is 2. The molecule has 156 valence electrons. The highest BCUT2D eigenvalue weighted by Crippen LogP contribution is 2.29. The Morgan fingerprint density at radius 1 is 1.07 bits per heavy atom. The predicted octanol–water partition coefficient (Wildman–Crippen LogP) is 4.65. The molecule has 0 heterocycles. The molecular formula is C22H29N3O4. The minimum atomic E-state index is -0.506. The molecule has 2 aromatic rings. The number of nitrogens with zero attached hydrogens (tertiary/aromatic N) is 1.